The van der Waals surface area contributed by atoms with Gasteiger partial charge < -0.3 is 25.7 Å². The van der Waals surface area contributed by atoms with Crippen LogP contribution in [0, 0.1) is 0 Å². The number of aromatic nitrogens is 5. The Hall–Kier alpha value is -5.47. The zero-order chi connectivity index (χ0) is 26.9. The maximum atomic E-state index is 12.9. The van der Waals surface area contributed by atoms with Gasteiger partial charge in [-0.1, -0.05) is 23.4 Å². The molecule has 0 saturated heterocycles. The van der Waals surface area contributed by atoms with Crippen LogP contribution in [-0.4, -0.2) is 56.5 Å². The van der Waals surface area contributed by atoms with Crippen molar-refractivity contribution in [1.82, 2.24) is 30.7 Å². The molecule has 0 bridgehead atoms. The Morgan fingerprint density at radius 2 is 1.92 bits per heavy atom. The molecular formula is C23H23N9O6. The van der Waals surface area contributed by atoms with E-state index in [1.807, 2.05) is 6.07 Å². The summed E-state index contributed by atoms with van der Waals surface area (Å²) in [6.45, 7) is 1.77. The fourth-order valence-electron chi connectivity index (χ4n) is 3.14. The van der Waals surface area contributed by atoms with Crippen molar-refractivity contribution in [3.63, 3.8) is 0 Å². The minimum atomic E-state index is -0.666. The van der Waals surface area contributed by atoms with Crippen molar-refractivity contribution < 1.29 is 28.4 Å². The number of amides is 2. The standard InChI is InChI=1S/C23H23N9O6/c1-2-35-18-10-14(8-9-17(18)37-13-19(24)33)11-26-28-23(34)20-16(12-36-15-6-4-3-5-7-15)32(31-27-20)22-21(25)29-38-30-22/h3-11H,2,12-13H2,1H3,(H2,24,33)(H2,25,29)(H,28,34)/b26-11+. The van der Waals surface area contributed by atoms with E-state index in [2.05, 4.69) is 35.8 Å². The van der Waals surface area contributed by atoms with Crippen LogP contribution in [0.2, 0.25) is 0 Å². The van der Waals surface area contributed by atoms with Crippen LogP contribution in [0.15, 0.2) is 58.3 Å². The molecule has 0 atom stereocenters. The van der Waals surface area contributed by atoms with Gasteiger partial charge in [-0.3, -0.25) is 9.59 Å². The summed E-state index contributed by atoms with van der Waals surface area (Å²) < 4.78 is 22.5. The maximum Gasteiger partial charge on any atom is 0.293 e. The van der Waals surface area contributed by atoms with Gasteiger partial charge >= 0.3 is 0 Å². The van der Waals surface area contributed by atoms with Gasteiger partial charge in [-0.15, -0.1) is 5.10 Å². The molecule has 2 aromatic carbocycles. The highest BCUT2D eigenvalue weighted by Gasteiger charge is 2.24. The van der Waals surface area contributed by atoms with E-state index in [0.717, 1.165) is 0 Å². The van der Waals surface area contributed by atoms with Crippen molar-refractivity contribution in [2.45, 2.75) is 13.5 Å². The number of anilines is 1. The van der Waals surface area contributed by atoms with Crippen LogP contribution in [-0.2, 0) is 11.4 Å². The van der Waals surface area contributed by atoms with Crippen LogP contribution < -0.4 is 31.1 Å². The smallest absolute Gasteiger partial charge is 0.293 e. The largest absolute Gasteiger partial charge is 0.490 e. The SMILES string of the molecule is CCOc1cc(/C=N/NC(=O)c2nnn(-c3nonc3N)c2COc2ccccc2)ccc1OCC(N)=O. The number of hydrogen-bond acceptors (Lipinski definition) is 12. The Balaban J connectivity index is 1.51. The van der Waals surface area contributed by atoms with Crippen LogP contribution >= 0.6 is 0 Å². The number of nitrogens with one attached hydrogen (secondary N) is 1. The number of nitrogens with zero attached hydrogens (tertiary/aromatic N) is 6. The highest BCUT2D eigenvalue weighted by molar-refractivity contribution is 5.94. The van der Waals surface area contributed by atoms with Gasteiger partial charge in [-0.25, -0.2) is 10.1 Å². The first kappa shape index (κ1) is 25.6. The monoisotopic (exact) mass is 521 g/mol. The molecule has 2 heterocycles. The summed E-state index contributed by atoms with van der Waals surface area (Å²) in [4.78, 5) is 23.9. The molecule has 0 aliphatic heterocycles. The van der Waals surface area contributed by atoms with E-state index >= 15 is 0 Å². The number of hydrogen-bond donors (Lipinski definition) is 3. The molecule has 0 fully saturated rings. The molecule has 0 saturated carbocycles. The normalized spacial score (nSPS) is 10.9. The molecule has 2 aromatic heterocycles. The molecule has 38 heavy (non-hydrogen) atoms. The summed E-state index contributed by atoms with van der Waals surface area (Å²) in [6, 6.07) is 13.8. The number of benzene rings is 2. The van der Waals surface area contributed by atoms with Gasteiger partial charge in [0.15, 0.2) is 23.8 Å². The Morgan fingerprint density at radius 3 is 2.63 bits per heavy atom. The average molecular weight is 521 g/mol. The summed E-state index contributed by atoms with van der Waals surface area (Å²) in [5.74, 6) is 0.000832. The third-order valence-corrected chi connectivity index (χ3v) is 4.81. The quantitative estimate of drug-likeness (QED) is 0.176. The number of ether oxygens (including phenoxy) is 3. The molecule has 2 amide bonds. The lowest BCUT2D eigenvalue weighted by atomic mass is 10.2. The second kappa shape index (κ2) is 12.0. The predicted molar refractivity (Wildman–Crippen MR) is 132 cm³/mol. The second-order valence-electron chi connectivity index (χ2n) is 7.46. The number of nitrogen functional groups attached to an aromatic ring is 1. The Morgan fingerprint density at radius 1 is 1.11 bits per heavy atom. The van der Waals surface area contributed by atoms with Gasteiger partial charge in [0.2, 0.25) is 11.6 Å². The van der Waals surface area contributed by atoms with Crippen molar-refractivity contribution in [3.05, 3.63) is 65.5 Å². The van der Waals surface area contributed by atoms with E-state index in [1.54, 1.807) is 49.4 Å². The molecule has 0 spiro atoms. The van der Waals surface area contributed by atoms with Crippen LogP contribution in [0.3, 0.4) is 0 Å². The van der Waals surface area contributed by atoms with Crippen LogP contribution in [0.1, 0.15) is 28.7 Å². The van der Waals surface area contributed by atoms with E-state index < -0.39 is 11.8 Å². The molecule has 0 aliphatic rings. The lowest BCUT2D eigenvalue weighted by molar-refractivity contribution is -0.119. The van der Waals surface area contributed by atoms with Crippen molar-refractivity contribution >= 4 is 23.8 Å². The van der Waals surface area contributed by atoms with Gasteiger partial charge in [0.1, 0.15) is 18.1 Å². The maximum absolute atomic E-state index is 12.9. The molecule has 0 aliphatic carbocycles. The van der Waals surface area contributed by atoms with Crippen molar-refractivity contribution in [2.75, 3.05) is 18.9 Å². The Labute approximate surface area is 215 Å². The van der Waals surface area contributed by atoms with Gasteiger partial charge in [0.25, 0.3) is 11.8 Å². The van der Waals surface area contributed by atoms with Crippen LogP contribution in [0.4, 0.5) is 5.82 Å². The Bertz CT molecular complexity index is 1430. The van der Waals surface area contributed by atoms with E-state index in [4.69, 9.17) is 25.7 Å². The number of carbonyl (C=O) groups is 2. The fraction of sp³-hybridized carbons (Fsp3) is 0.174. The summed E-state index contributed by atoms with van der Waals surface area (Å²) >= 11 is 0. The molecule has 4 aromatic rings. The molecule has 0 radical (unpaired) electrons. The molecular weight excluding hydrogens is 498 g/mol. The van der Waals surface area contributed by atoms with E-state index in [0.29, 0.717) is 29.4 Å². The number of hydrazone groups is 1. The minimum absolute atomic E-state index is 0.0470. The van der Waals surface area contributed by atoms with E-state index in [1.165, 1.54) is 10.9 Å². The number of para-hydroxylation sites is 1. The Kier molecular flexibility index (Phi) is 8.08. The molecule has 5 N–H and O–H groups in total. The topological polar surface area (TPSA) is 208 Å². The average Bonchev–Trinajstić information content (AvgIpc) is 3.53. The summed E-state index contributed by atoms with van der Waals surface area (Å²) in [5.41, 5.74) is 14.1. The van der Waals surface area contributed by atoms with E-state index in [-0.39, 0.29) is 36.2 Å². The van der Waals surface area contributed by atoms with Gasteiger partial charge in [-0.05, 0) is 53.1 Å². The number of rotatable bonds is 12. The van der Waals surface area contributed by atoms with Crippen molar-refractivity contribution in [2.24, 2.45) is 10.8 Å². The van der Waals surface area contributed by atoms with E-state index in [9.17, 15) is 9.59 Å². The predicted octanol–water partition coefficient (Wildman–Crippen LogP) is 0.838. The second-order valence-corrected chi connectivity index (χ2v) is 7.46. The first-order valence-corrected chi connectivity index (χ1v) is 11.2. The number of primary amides is 1. The zero-order valence-corrected chi connectivity index (χ0v) is 20.1. The highest BCUT2D eigenvalue weighted by atomic mass is 16.6. The number of nitrogens with two attached hydrogens (primary N) is 2. The lowest BCUT2D eigenvalue weighted by Crippen LogP contribution is -2.21. The number of carbonyl (C=O) groups excluding carboxylic acids is 2. The molecule has 15 nitrogen and oxygen atoms in total. The van der Waals surface area contributed by atoms with Crippen molar-refractivity contribution in [1.29, 1.82) is 0 Å². The van der Waals surface area contributed by atoms with Crippen LogP contribution in [0.5, 0.6) is 17.2 Å². The molecule has 196 valence electrons. The first-order valence-electron chi connectivity index (χ1n) is 11.2. The highest BCUT2D eigenvalue weighted by Crippen LogP contribution is 2.28. The van der Waals surface area contributed by atoms with Gasteiger partial charge in [0.05, 0.1) is 12.8 Å². The molecule has 4 rings (SSSR count). The van der Waals surface area contributed by atoms with Crippen molar-refractivity contribution in [3.8, 4) is 23.1 Å². The summed E-state index contributed by atoms with van der Waals surface area (Å²) in [5, 5.41) is 19.1. The summed E-state index contributed by atoms with van der Waals surface area (Å²) in [7, 11) is 0. The molecule has 15 heteroatoms. The van der Waals surface area contributed by atoms with Gasteiger partial charge in [-0.2, -0.15) is 9.78 Å². The lowest BCUT2D eigenvalue weighted by Gasteiger charge is -2.11. The fourth-order valence-corrected chi connectivity index (χ4v) is 3.14. The first-order chi connectivity index (χ1) is 18.5. The third-order valence-electron chi connectivity index (χ3n) is 4.81. The third kappa shape index (κ3) is 6.20. The zero-order valence-electron chi connectivity index (χ0n) is 20.1. The molecule has 0 unspecified atom stereocenters. The summed E-state index contributed by atoms with van der Waals surface area (Å²) in [6.07, 6.45) is 1.39. The van der Waals surface area contributed by atoms with Gasteiger partial charge in [0, 0.05) is 0 Å². The van der Waals surface area contributed by atoms with Crippen LogP contribution in [0.25, 0.3) is 5.82 Å². The minimum Gasteiger partial charge on any atom is -0.490 e.